The minimum atomic E-state index is -4.80. The van der Waals surface area contributed by atoms with Crippen LogP contribution >= 0.6 is 0 Å². The van der Waals surface area contributed by atoms with Crippen molar-refractivity contribution in [3.8, 4) is 5.75 Å². The van der Waals surface area contributed by atoms with Crippen LogP contribution in [0.15, 0.2) is 55.1 Å². The van der Waals surface area contributed by atoms with Crippen molar-refractivity contribution >= 4 is 12.0 Å². The molecule has 4 atom stereocenters. The van der Waals surface area contributed by atoms with Crippen molar-refractivity contribution in [2.45, 2.75) is 76.0 Å². The third-order valence-electron chi connectivity index (χ3n) is 6.79. The SMILES string of the molecule is C=Cc1ccc(OC(F)(F)F)cc1[C@@H]1C[C@@]2(CCCC(C(=O)OC(C)(C)C)[C@H]2c2ccccc2)ON1. The van der Waals surface area contributed by atoms with E-state index in [0.29, 0.717) is 30.4 Å². The maximum atomic E-state index is 13.3. The van der Waals surface area contributed by atoms with Crippen molar-refractivity contribution in [1.29, 1.82) is 0 Å². The van der Waals surface area contributed by atoms with Gasteiger partial charge in [0.05, 0.1) is 17.6 Å². The Balaban J connectivity index is 1.69. The van der Waals surface area contributed by atoms with Crippen molar-refractivity contribution in [3.63, 3.8) is 0 Å². The van der Waals surface area contributed by atoms with E-state index in [1.54, 1.807) is 12.1 Å². The first kappa shape index (κ1) is 26.2. The highest BCUT2D eigenvalue weighted by Crippen LogP contribution is 2.54. The van der Waals surface area contributed by atoms with Gasteiger partial charge >= 0.3 is 12.3 Å². The number of nitrogens with one attached hydrogen (secondary N) is 1. The molecule has 1 unspecified atom stereocenters. The fourth-order valence-corrected chi connectivity index (χ4v) is 5.51. The number of hydrogen-bond donors (Lipinski definition) is 1. The Hall–Kier alpha value is -2.84. The Morgan fingerprint density at radius 3 is 2.53 bits per heavy atom. The molecule has 2 fully saturated rings. The van der Waals surface area contributed by atoms with E-state index in [1.165, 1.54) is 12.1 Å². The van der Waals surface area contributed by atoms with Crippen LogP contribution in [0.4, 0.5) is 13.2 Å². The molecule has 36 heavy (non-hydrogen) atoms. The summed E-state index contributed by atoms with van der Waals surface area (Å²) in [6.45, 7) is 9.34. The zero-order valence-corrected chi connectivity index (χ0v) is 20.7. The second-order valence-electron chi connectivity index (χ2n) is 10.5. The molecule has 1 aliphatic heterocycles. The van der Waals surface area contributed by atoms with Crippen molar-refractivity contribution in [2.24, 2.45) is 5.92 Å². The molecule has 1 heterocycles. The number of hydroxylamine groups is 1. The lowest BCUT2D eigenvalue weighted by Gasteiger charge is -2.44. The summed E-state index contributed by atoms with van der Waals surface area (Å²) in [6, 6.07) is 13.5. The van der Waals surface area contributed by atoms with Gasteiger partial charge in [-0.05, 0) is 68.9 Å². The normalized spacial score (nSPS) is 26.6. The molecular formula is C28H32F3NO4. The molecule has 4 rings (SSSR count). The molecule has 2 aromatic carbocycles. The van der Waals surface area contributed by atoms with E-state index >= 15 is 0 Å². The van der Waals surface area contributed by atoms with Crippen LogP contribution < -0.4 is 10.2 Å². The zero-order chi connectivity index (χ0) is 26.1. The van der Waals surface area contributed by atoms with Crippen molar-refractivity contribution in [2.75, 3.05) is 0 Å². The molecule has 2 aliphatic rings. The van der Waals surface area contributed by atoms with Crippen LogP contribution in [0.25, 0.3) is 6.08 Å². The van der Waals surface area contributed by atoms with Gasteiger partial charge in [0.1, 0.15) is 11.4 Å². The standard InChI is InChI=1S/C28H32F3NO4/c1-5-18-13-14-20(34-28(29,30)31)16-22(18)23-17-27(36-32-23)15-9-12-21(25(33)35-26(2,3)4)24(27)19-10-7-6-8-11-19/h5-8,10-11,13-14,16,21,23-24,32H,1,9,12,15,17H2,2-4H3/t21?,23-,24+,27+/m0/s1. The Kier molecular flexibility index (Phi) is 7.21. The molecular weight excluding hydrogens is 471 g/mol. The summed E-state index contributed by atoms with van der Waals surface area (Å²) in [6.07, 6.45) is -0.626. The highest BCUT2D eigenvalue weighted by Gasteiger charge is 2.55. The van der Waals surface area contributed by atoms with Crippen LogP contribution in [0.3, 0.4) is 0 Å². The molecule has 1 saturated carbocycles. The molecule has 1 aliphatic carbocycles. The highest BCUT2D eigenvalue weighted by atomic mass is 19.4. The average molecular weight is 504 g/mol. The molecule has 194 valence electrons. The minimum absolute atomic E-state index is 0.269. The van der Waals surface area contributed by atoms with Gasteiger partial charge in [-0.2, -0.15) is 5.48 Å². The van der Waals surface area contributed by atoms with Gasteiger partial charge in [0.25, 0.3) is 0 Å². The average Bonchev–Trinajstić information content (AvgIpc) is 3.21. The molecule has 5 nitrogen and oxygen atoms in total. The summed E-state index contributed by atoms with van der Waals surface area (Å²) in [5.41, 5.74) is 3.94. The van der Waals surface area contributed by atoms with Gasteiger partial charge in [0.2, 0.25) is 0 Å². The minimum Gasteiger partial charge on any atom is -0.460 e. The quantitative estimate of drug-likeness (QED) is 0.452. The molecule has 1 saturated heterocycles. The lowest BCUT2D eigenvalue weighted by molar-refractivity contribution is -0.274. The lowest BCUT2D eigenvalue weighted by Crippen LogP contribution is -2.47. The number of hydrogen-bond acceptors (Lipinski definition) is 5. The number of ether oxygens (including phenoxy) is 2. The van der Waals surface area contributed by atoms with E-state index in [-0.39, 0.29) is 17.6 Å². The van der Waals surface area contributed by atoms with Gasteiger partial charge in [-0.3, -0.25) is 9.63 Å². The molecule has 8 heteroatoms. The van der Waals surface area contributed by atoms with Gasteiger partial charge in [-0.25, -0.2) is 0 Å². The van der Waals surface area contributed by atoms with E-state index < -0.39 is 29.5 Å². The second kappa shape index (κ2) is 9.90. The van der Waals surface area contributed by atoms with Crippen LogP contribution in [0.2, 0.25) is 0 Å². The maximum Gasteiger partial charge on any atom is 0.573 e. The molecule has 0 bridgehead atoms. The van der Waals surface area contributed by atoms with Crippen LogP contribution in [0, 0.1) is 5.92 Å². The van der Waals surface area contributed by atoms with Gasteiger partial charge in [0.15, 0.2) is 0 Å². The van der Waals surface area contributed by atoms with E-state index in [2.05, 4.69) is 16.8 Å². The van der Waals surface area contributed by atoms with Crippen LogP contribution in [-0.2, 0) is 14.4 Å². The summed E-state index contributed by atoms with van der Waals surface area (Å²) >= 11 is 0. The molecule has 0 radical (unpaired) electrons. The van der Waals surface area contributed by atoms with Gasteiger partial charge in [-0.15, -0.1) is 13.2 Å². The molecule has 2 aromatic rings. The number of esters is 1. The summed E-state index contributed by atoms with van der Waals surface area (Å²) in [7, 11) is 0. The number of carbonyl (C=O) groups is 1. The predicted octanol–water partition coefficient (Wildman–Crippen LogP) is 6.86. The Labute approximate surface area is 209 Å². The van der Waals surface area contributed by atoms with Crippen LogP contribution in [0.5, 0.6) is 5.75 Å². The number of rotatable bonds is 5. The van der Waals surface area contributed by atoms with E-state index in [1.807, 2.05) is 51.1 Å². The van der Waals surface area contributed by atoms with Crippen molar-refractivity contribution < 1.29 is 32.3 Å². The van der Waals surface area contributed by atoms with Gasteiger partial charge in [0, 0.05) is 12.3 Å². The monoisotopic (exact) mass is 503 g/mol. The van der Waals surface area contributed by atoms with E-state index in [9.17, 15) is 18.0 Å². The predicted molar refractivity (Wildman–Crippen MR) is 130 cm³/mol. The molecule has 0 amide bonds. The second-order valence-corrected chi connectivity index (χ2v) is 10.5. The first-order chi connectivity index (χ1) is 16.9. The summed E-state index contributed by atoms with van der Waals surface area (Å²) < 4.78 is 48.6. The lowest BCUT2D eigenvalue weighted by atomic mass is 9.64. The first-order valence-electron chi connectivity index (χ1n) is 12.1. The number of carbonyl (C=O) groups excluding carboxylic acids is 1. The van der Waals surface area contributed by atoms with E-state index in [4.69, 9.17) is 9.57 Å². The highest BCUT2D eigenvalue weighted by molar-refractivity contribution is 5.75. The third kappa shape index (κ3) is 5.76. The molecule has 1 N–H and O–H groups in total. The summed E-state index contributed by atoms with van der Waals surface area (Å²) in [5.74, 6) is -1.28. The molecule has 0 aromatic heterocycles. The Morgan fingerprint density at radius 2 is 1.89 bits per heavy atom. The fourth-order valence-electron chi connectivity index (χ4n) is 5.51. The number of alkyl halides is 3. The van der Waals surface area contributed by atoms with Crippen LogP contribution in [0.1, 0.15) is 75.1 Å². The Bertz CT molecular complexity index is 1100. The number of benzene rings is 2. The van der Waals surface area contributed by atoms with Crippen molar-refractivity contribution in [1.82, 2.24) is 5.48 Å². The number of halogens is 3. The zero-order valence-electron chi connectivity index (χ0n) is 20.7. The maximum absolute atomic E-state index is 13.3. The van der Waals surface area contributed by atoms with Crippen LogP contribution in [-0.4, -0.2) is 23.5 Å². The van der Waals surface area contributed by atoms with E-state index in [0.717, 1.165) is 12.0 Å². The topological polar surface area (TPSA) is 56.8 Å². The Morgan fingerprint density at radius 1 is 1.17 bits per heavy atom. The van der Waals surface area contributed by atoms with Gasteiger partial charge in [-0.1, -0.05) is 49.1 Å². The fraction of sp³-hybridized carbons (Fsp3) is 0.464. The third-order valence-corrected chi connectivity index (χ3v) is 6.79. The summed E-state index contributed by atoms with van der Waals surface area (Å²) in [4.78, 5) is 19.6. The van der Waals surface area contributed by atoms with Crippen molar-refractivity contribution in [3.05, 3.63) is 71.8 Å². The molecule has 1 spiro atoms. The smallest absolute Gasteiger partial charge is 0.460 e. The largest absolute Gasteiger partial charge is 0.573 e. The van der Waals surface area contributed by atoms with Gasteiger partial charge < -0.3 is 9.47 Å². The summed E-state index contributed by atoms with van der Waals surface area (Å²) in [5, 5.41) is 0. The first-order valence-corrected chi connectivity index (χ1v) is 12.1.